The summed E-state index contributed by atoms with van der Waals surface area (Å²) in [5.41, 5.74) is 0.789. The summed E-state index contributed by atoms with van der Waals surface area (Å²) in [7, 11) is 0. The van der Waals surface area contributed by atoms with Gasteiger partial charge in [-0.2, -0.15) is 13.2 Å². The summed E-state index contributed by atoms with van der Waals surface area (Å²) in [5, 5.41) is 10.8. The Morgan fingerprint density at radius 1 is 1.26 bits per heavy atom. The van der Waals surface area contributed by atoms with Crippen molar-refractivity contribution < 1.29 is 32.7 Å². The Labute approximate surface area is 128 Å². The highest BCUT2D eigenvalue weighted by atomic mass is 19.4. The van der Waals surface area contributed by atoms with Gasteiger partial charge in [0.15, 0.2) is 0 Å². The van der Waals surface area contributed by atoms with E-state index in [0.29, 0.717) is 11.3 Å². The molecule has 0 aliphatic carbocycles. The zero-order valence-electron chi connectivity index (χ0n) is 11.8. The van der Waals surface area contributed by atoms with Crippen molar-refractivity contribution in [2.75, 3.05) is 18.0 Å². The zero-order valence-corrected chi connectivity index (χ0v) is 11.8. The molecule has 0 spiro atoms. The lowest BCUT2D eigenvalue weighted by atomic mass is 10.0. The molecule has 1 aliphatic heterocycles. The Morgan fingerprint density at radius 3 is 2.52 bits per heavy atom. The predicted molar refractivity (Wildman–Crippen MR) is 72.9 cm³/mol. The molecular formula is C14H13F3N2O4. The number of anilines is 1. The number of nitrogens with one attached hydrogen (secondary N) is 1. The molecule has 23 heavy (non-hydrogen) atoms. The van der Waals surface area contributed by atoms with E-state index >= 15 is 0 Å². The number of fused-ring (bicyclic) bond motifs is 1. The number of carboxylic acid groups (broad SMARTS) is 1. The Balaban J connectivity index is 2.06. The first-order valence-electron chi connectivity index (χ1n) is 6.64. The highest BCUT2D eigenvalue weighted by Gasteiger charge is 2.37. The molecule has 0 fully saturated rings. The lowest BCUT2D eigenvalue weighted by Gasteiger charge is -2.17. The first-order valence-corrected chi connectivity index (χ1v) is 6.64. The van der Waals surface area contributed by atoms with Crippen molar-refractivity contribution in [3.63, 3.8) is 0 Å². The molecule has 2 amide bonds. The molecule has 124 valence electrons. The molecule has 0 radical (unpaired) electrons. The van der Waals surface area contributed by atoms with Crippen LogP contribution in [0.5, 0.6) is 0 Å². The third-order valence-electron chi connectivity index (χ3n) is 3.37. The normalized spacial score (nSPS) is 16.8. The van der Waals surface area contributed by atoms with Crippen molar-refractivity contribution in [1.82, 2.24) is 5.32 Å². The Kier molecular flexibility index (Phi) is 4.57. The highest BCUT2D eigenvalue weighted by Crippen LogP contribution is 2.36. The van der Waals surface area contributed by atoms with Gasteiger partial charge < -0.3 is 15.3 Å². The summed E-state index contributed by atoms with van der Waals surface area (Å²) in [6.07, 6.45) is -5.34. The molecule has 2 N–H and O–H groups in total. The Bertz CT molecular complexity index is 645. The summed E-state index contributed by atoms with van der Waals surface area (Å²) >= 11 is 0. The van der Waals surface area contributed by atoms with E-state index in [-0.39, 0.29) is 6.54 Å². The maximum absolute atomic E-state index is 12.1. The Hall–Kier alpha value is -2.58. The lowest BCUT2D eigenvalue weighted by Crippen LogP contribution is -2.39. The number of hydrogen-bond acceptors (Lipinski definition) is 3. The van der Waals surface area contributed by atoms with Crippen molar-refractivity contribution in [1.29, 1.82) is 0 Å². The van der Waals surface area contributed by atoms with Gasteiger partial charge in [-0.1, -0.05) is 18.2 Å². The number of halogens is 3. The van der Waals surface area contributed by atoms with E-state index in [0.717, 1.165) is 4.90 Å². The van der Waals surface area contributed by atoms with E-state index < -0.39 is 42.8 Å². The average molecular weight is 330 g/mol. The third-order valence-corrected chi connectivity index (χ3v) is 3.37. The van der Waals surface area contributed by atoms with Crippen LogP contribution in [0.2, 0.25) is 0 Å². The molecular weight excluding hydrogens is 317 g/mol. The Morgan fingerprint density at radius 2 is 1.91 bits per heavy atom. The zero-order chi connectivity index (χ0) is 17.2. The number of amides is 2. The van der Waals surface area contributed by atoms with Gasteiger partial charge in [0, 0.05) is 12.2 Å². The van der Waals surface area contributed by atoms with Gasteiger partial charge in [-0.3, -0.25) is 14.4 Å². The van der Waals surface area contributed by atoms with Crippen molar-refractivity contribution in [3.05, 3.63) is 29.8 Å². The molecule has 1 unspecified atom stereocenters. The number of aliphatic carboxylic acids is 1. The minimum atomic E-state index is -4.56. The van der Waals surface area contributed by atoms with Crippen molar-refractivity contribution in [2.45, 2.75) is 18.5 Å². The highest BCUT2D eigenvalue weighted by molar-refractivity contribution is 6.07. The fraction of sp³-hybridized carbons (Fsp3) is 0.357. The number of nitrogens with zero attached hydrogens (tertiary/aromatic N) is 1. The number of alkyl halides is 3. The predicted octanol–water partition coefficient (Wildman–Crippen LogP) is 1.27. The number of carbonyl (C=O) groups is 3. The van der Waals surface area contributed by atoms with Gasteiger partial charge in [-0.15, -0.1) is 0 Å². The molecule has 1 heterocycles. The van der Waals surface area contributed by atoms with Gasteiger partial charge in [0.2, 0.25) is 11.8 Å². The first kappa shape index (κ1) is 16.8. The molecule has 1 atom stereocenters. The van der Waals surface area contributed by atoms with E-state index in [1.807, 2.05) is 0 Å². The van der Waals surface area contributed by atoms with Gasteiger partial charge in [0.25, 0.3) is 0 Å². The topological polar surface area (TPSA) is 86.7 Å². The number of para-hydroxylation sites is 1. The molecule has 6 nitrogen and oxygen atoms in total. The number of carboxylic acids is 1. The van der Waals surface area contributed by atoms with Crippen molar-refractivity contribution in [2.24, 2.45) is 0 Å². The van der Waals surface area contributed by atoms with Crippen LogP contribution in [0.4, 0.5) is 18.9 Å². The number of hydrogen-bond donors (Lipinski definition) is 2. The summed E-state index contributed by atoms with van der Waals surface area (Å²) in [6.45, 7) is -1.67. The van der Waals surface area contributed by atoms with Crippen molar-refractivity contribution >= 4 is 23.5 Å². The third kappa shape index (κ3) is 3.99. The van der Waals surface area contributed by atoms with Crippen LogP contribution in [0.15, 0.2) is 24.3 Å². The quantitative estimate of drug-likeness (QED) is 0.814. The fourth-order valence-electron chi connectivity index (χ4n) is 2.35. The molecule has 1 aromatic carbocycles. The second-order valence-electron chi connectivity index (χ2n) is 5.02. The maximum atomic E-state index is 12.1. The van der Waals surface area contributed by atoms with E-state index in [4.69, 9.17) is 0 Å². The number of benzene rings is 1. The van der Waals surface area contributed by atoms with Gasteiger partial charge in [-0.25, -0.2) is 0 Å². The van der Waals surface area contributed by atoms with Crippen LogP contribution in [0.3, 0.4) is 0 Å². The standard InChI is InChI=1S/C14H13F3N2O4/c15-14(16,17)7-18-11(20)5-12(21)19-6-9(13(22)23)8-3-1-2-4-10(8)19/h1-4,9H,5-7H2,(H,18,20)(H,22,23). The molecule has 1 aromatic rings. The largest absolute Gasteiger partial charge is 0.481 e. The smallest absolute Gasteiger partial charge is 0.405 e. The summed E-state index contributed by atoms with van der Waals surface area (Å²) in [5.74, 6) is -3.85. The van der Waals surface area contributed by atoms with Crippen LogP contribution in [0, 0.1) is 0 Å². The van der Waals surface area contributed by atoms with E-state index in [9.17, 15) is 32.7 Å². The second kappa shape index (κ2) is 6.27. The summed E-state index contributed by atoms with van der Waals surface area (Å²) in [4.78, 5) is 35.8. The molecule has 0 saturated carbocycles. The lowest BCUT2D eigenvalue weighted by molar-refractivity contribution is -0.140. The molecule has 0 aromatic heterocycles. The number of rotatable bonds is 4. The van der Waals surface area contributed by atoms with Crippen LogP contribution in [-0.4, -0.2) is 42.2 Å². The minimum absolute atomic E-state index is 0.153. The maximum Gasteiger partial charge on any atom is 0.405 e. The van der Waals surface area contributed by atoms with Crippen LogP contribution >= 0.6 is 0 Å². The second-order valence-corrected chi connectivity index (χ2v) is 5.02. The van der Waals surface area contributed by atoms with E-state index in [1.165, 1.54) is 6.07 Å². The van der Waals surface area contributed by atoms with E-state index in [2.05, 4.69) is 0 Å². The van der Waals surface area contributed by atoms with Gasteiger partial charge in [-0.05, 0) is 11.6 Å². The number of carbonyl (C=O) groups excluding carboxylic acids is 2. The molecule has 0 saturated heterocycles. The van der Waals surface area contributed by atoms with Crippen molar-refractivity contribution in [3.8, 4) is 0 Å². The molecule has 0 bridgehead atoms. The van der Waals surface area contributed by atoms with Crippen LogP contribution in [0.25, 0.3) is 0 Å². The van der Waals surface area contributed by atoms with Gasteiger partial charge in [0.05, 0.1) is 0 Å². The van der Waals surface area contributed by atoms with E-state index in [1.54, 1.807) is 23.5 Å². The minimum Gasteiger partial charge on any atom is -0.481 e. The SMILES string of the molecule is O=C(CC(=O)N1CC(C(=O)O)c2ccccc21)NCC(F)(F)F. The van der Waals surface area contributed by atoms with Crippen LogP contribution in [-0.2, 0) is 14.4 Å². The molecule has 2 rings (SSSR count). The first-order chi connectivity index (χ1) is 10.7. The van der Waals surface area contributed by atoms with Gasteiger partial charge >= 0.3 is 12.1 Å². The van der Waals surface area contributed by atoms with Crippen LogP contribution < -0.4 is 10.2 Å². The van der Waals surface area contributed by atoms with Crippen LogP contribution in [0.1, 0.15) is 17.9 Å². The summed E-state index contributed by atoms with van der Waals surface area (Å²) < 4.78 is 36.0. The fourth-order valence-corrected chi connectivity index (χ4v) is 2.35. The molecule has 1 aliphatic rings. The molecule has 9 heteroatoms. The average Bonchev–Trinajstić information content (AvgIpc) is 2.84. The van der Waals surface area contributed by atoms with Gasteiger partial charge in [0.1, 0.15) is 18.9 Å². The summed E-state index contributed by atoms with van der Waals surface area (Å²) in [6, 6.07) is 6.32. The monoisotopic (exact) mass is 330 g/mol.